The summed E-state index contributed by atoms with van der Waals surface area (Å²) in [5, 5.41) is 18.5. The lowest BCUT2D eigenvalue weighted by Crippen LogP contribution is -2.27. The van der Waals surface area contributed by atoms with Crippen molar-refractivity contribution in [3.8, 4) is 11.5 Å². The van der Waals surface area contributed by atoms with Gasteiger partial charge in [0, 0.05) is 23.1 Å². The van der Waals surface area contributed by atoms with E-state index in [0.717, 1.165) is 30.6 Å². The van der Waals surface area contributed by atoms with Crippen molar-refractivity contribution < 1.29 is 24.4 Å². The summed E-state index contributed by atoms with van der Waals surface area (Å²) in [7, 11) is 0. The third-order valence-electron chi connectivity index (χ3n) is 7.27. The van der Waals surface area contributed by atoms with Crippen molar-refractivity contribution in [3.63, 3.8) is 0 Å². The lowest BCUT2D eigenvalue weighted by Gasteiger charge is -2.35. The normalized spacial score (nSPS) is 22.6. The summed E-state index contributed by atoms with van der Waals surface area (Å²) in [4.78, 5) is 0. The van der Waals surface area contributed by atoms with E-state index in [1.807, 2.05) is 25.1 Å². The quantitative estimate of drug-likeness (QED) is 0.291. The van der Waals surface area contributed by atoms with E-state index >= 15 is 0 Å². The minimum Gasteiger partial charge on any atom is -0.491 e. The number of allylic oxidation sites excluding steroid dienone is 3. The van der Waals surface area contributed by atoms with Gasteiger partial charge in [-0.05, 0) is 61.8 Å². The number of aliphatic hydroxyl groups excluding tert-OH is 2. The highest BCUT2D eigenvalue weighted by molar-refractivity contribution is 5.51. The van der Waals surface area contributed by atoms with Gasteiger partial charge in [0.05, 0.1) is 13.2 Å². The molecule has 1 heterocycles. The van der Waals surface area contributed by atoms with Crippen molar-refractivity contribution in [2.45, 2.75) is 78.1 Å². The van der Waals surface area contributed by atoms with Gasteiger partial charge in [0.1, 0.15) is 36.2 Å². The molecule has 0 radical (unpaired) electrons. The fraction of sp³-hybridized carbons (Fsp3) is 0.515. The van der Waals surface area contributed by atoms with Crippen LogP contribution >= 0.6 is 0 Å². The topological polar surface area (TPSA) is 68.2 Å². The van der Waals surface area contributed by atoms with Crippen molar-refractivity contribution in [2.75, 3.05) is 26.4 Å². The predicted octanol–water partition coefficient (Wildman–Crippen LogP) is 7.09. The SMILES string of the molecule is CCCCCCc1ccc(C2(C)CC(C)C/C=C(OCCO)\C=C(/C)Oc3cc(OCCO)ccc32)cc1. The zero-order chi connectivity index (χ0) is 27.4. The third-order valence-corrected chi connectivity index (χ3v) is 7.27. The fourth-order valence-electron chi connectivity index (χ4n) is 5.30. The summed E-state index contributed by atoms with van der Waals surface area (Å²) >= 11 is 0. The first-order chi connectivity index (χ1) is 18.4. The van der Waals surface area contributed by atoms with Crippen molar-refractivity contribution in [3.05, 3.63) is 82.8 Å². The maximum Gasteiger partial charge on any atom is 0.134 e. The Labute approximate surface area is 229 Å². The molecule has 0 aromatic heterocycles. The van der Waals surface area contributed by atoms with E-state index in [4.69, 9.17) is 14.2 Å². The Morgan fingerprint density at radius 1 is 0.974 bits per heavy atom. The Hall–Kier alpha value is -2.76. The fourth-order valence-corrected chi connectivity index (χ4v) is 5.30. The molecule has 2 atom stereocenters. The summed E-state index contributed by atoms with van der Waals surface area (Å²) in [6, 6.07) is 15.1. The molecule has 0 bridgehead atoms. The zero-order valence-corrected chi connectivity index (χ0v) is 23.7. The van der Waals surface area contributed by atoms with Crippen molar-refractivity contribution in [1.29, 1.82) is 0 Å². The standard InChI is InChI=1S/C33H46O5/c1-5-6-7-8-9-27-11-13-28(14-12-27)33(4)24-25(2)10-15-29(36-20-18-34)22-26(3)38-32-23-30(37-21-19-35)16-17-31(32)33/h11-17,22-23,25,34-35H,5-10,18-21,24H2,1-4H3/b26-22+,29-15+. The summed E-state index contributed by atoms with van der Waals surface area (Å²) in [6.07, 6.45) is 11.9. The van der Waals surface area contributed by atoms with Crippen molar-refractivity contribution in [1.82, 2.24) is 0 Å². The van der Waals surface area contributed by atoms with E-state index in [1.54, 1.807) is 0 Å². The number of hydrogen-bond donors (Lipinski definition) is 2. The van der Waals surface area contributed by atoms with Gasteiger partial charge in [-0.2, -0.15) is 0 Å². The molecule has 0 saturated heterocycles. The smallest absolute Gasteiger partial charge is 0.134 e. The molecular formula is C33H46O5. The summed E-state index contributed by atoms with van der Waals surface area (Å²) in [5.41, 5.74) is 3.45. The highest BCUT2D eigenvalue weighted by atomic mass is 16.5. The van der Waals surface area contributed by atoms with E-state index < -0.39 is 0 Å². The molecule has 0 amide bonds. The Kier molecular flexibility index (Phi) is 11.8. The molecule has 2 N–H and O–H groups in total. The van der Waals surface area contributed by atoms with Gasteiger partial charge < -0.3 is 24.4 Å². The van der Waals surface area contributed by atoms with Crippen molar-refractivity contribution >= 4 is 0 Å². The Balaban J connectivity index is 2.03. The molecular weight excluding hydrogens is 476 g/mol. The average molecular weight is 523 g/mol. The molecule has 1 aliphatic heterocycles. The van der Waals surface area contributed by atoms with Crippen LogP contribution < -0.4 is 9.47 Å². The number of rotatable bonds is 12. The molecule has 3 rings (SSSR count). The van der Waals surface area contributed by atoms with Crippen LogP contribution in [0.5, 0.6) is 11.5 Å². The highest BCUT2D eigenvalue weighted by Gasteiger charge is 2.34. The summed E-state index contributed by atoms with van der Waals surface area (Å²) < 4.78 is 18.0. The van der Waals surface area contributed by atoms with E-state index in [9.17, 15) is 10.2 Å². The molecule has 2 aromatic carbocycles. The number of benzene rings is 2. The number of fused-ring (bicyclic) bond motifs is 1. The summed E-state index contributed by atoms with van der Waals surface area (Å²) in [5.74, 6) is 3.15. The lowest BCUT2D eigenvalue weighted by atomic mass is 9.70. The number of ether oxygens (including phenoxy) is 3. The van der Waals surface area contributed by atoms with E-state index in [2.05, 4.69) is 57.2 Å². The van der Waals surface area contributed by atoms with Crippen LogP contribution in [0.1, 0.15) is 82.9 Å². The Morgan fingerprint density at radius 2 is 1.71 bits per heavy atom. The second kappa shape index (κ2) is 15.0. The first kappa shape index (κ1) is 29.8. The Bertz CT molecular complexity index is 1060. The number of aryl methyl sites for hydroxylation is 1. The van der Waals surface area contributed by atoms with Crippen LogP contribution in [0.25, 0.3) is 0 Å². The zero-order valence-electron chi connectivity index (χ0n) is 23.7. The molecule has 5 heteroatoms. The van der Waals surface area contributed by atoms with Gasteiger partial charge in [-0.25, -0.2) is 0 Å². The van der Waals surface area contributed by atoms with Gasteiger partial charge in [0.2, 0.25) is 0 Å². The predicted molar refractivity (Wildman–Crippen MR) is 154 cm³/mol. The Morgan fingerprint density at radius 3 is 2.42 bits per heavy atom. The van der Waals surface area contributed by atoms with Crippen LogP contribution in [0, 0.1) is 5.92 Å². The molecule has 1 aliphatic rings. The van der Waals surface area contributed by atoms with Gasteiger partial charge in [0.25, 0.3) is 0 Å². The third kappa shape index (κ3) is 8.37. The molecule has 0 spiro atoms. The van der Waals surface area contributed by atoms with Gasteiger partial charge in [-0.15, -0.1) is 0 Å². The van der Waals surface area contributed by atoms with Gasteiger partial charge in [-0.3, -0.25) is 0 Å². The maximum atomic E-state index is 9.27. The minimum atomic E-state index is -0.296. The van der Waals surface area contributed by atoms with Crippen LogP contribution in [-0.4, -0.2) is 36.6 Å². The monoisotopic (exact) mass is 522 g/mol. The molecule has 2 aromatic rings. The number of hydrogen-bond acceptors (Lipinski definition) is 5. The second-order valence-corrected chi connectivity index (χ2v) is 10.7. The summed E-state index contributed by atoms with van der Waals surface area (Å²) in [6.45, 7) is 9.11. The van der Waals surface area contributed by atoms with Gasteiger partial charge in [0.15, 0.2) is 0 Å². The molecule has 38 heavy (non-hydrogen) atoms. The van der Waals surface area contributed by atoms with Crippen LogP contribution in [0.15, 0.2) is 66.1 Å². The molecule has 2 unspecified atom stereocenters. The number of aliphatic hydroxyl groups is 2. The van der Waals surface area contributed by atoms with Gasteiger partial charge in [-0.1, -0.05) is 70.4 Å². The van der Waals surface area contributed by atoms with E-state index in [1.165, 1.54) is 36.8 Å². The van der Waals surface area contributed by atoms with Crippen LogP contribution in [0.3, 0.4) is 0 Å². The molecule has 208 valence electrons. The van der Waals surface area contributed by atoms with Gasteiger partial charge >= 0.3 is 0 Å². The second-order valence-electron chi connectivity index (χ2n) is 10.7. The van der Waals surface area contributed by atoms with Crippen LogP contribution in [-0.2, 0) is 16.6 Å². The first-order valence-electron chi connectivity index (χ1n) is 14.2. The van der Waals surface area contributed by atoms with Crippen LogP contribution in [0.4, 0.5) is 0 Å². The molecule has 5 nitrogen and oxygen atoms in total. The van der Waals surface area contributed by atoms with E-state index in [0.29, 0.717) is 23.2 Å². The first-order valence-corrected chi connectivity index (χ1v) is 14.2. The maximum absolute atomic E-state index is 9.27. The van der Waals surface area contributed by atoms with Crippen molar-refractivity contribution in [2.24, 2.45) is 5.92 Å². The molecule has 0 aliphatic carbocycles. The highest BCUT2D eigenvalue weighted by Crippen LogP contribution is 2.45. The average Bonchev–Trinajstić information content (AvgIpc) is 2.92. The van der Waals surface area contributed by atoms with Crippen LogP contribution in [0.2, 0.25) is 0 Å². The van der Waals surface area contributed by atoms with E-state index in [-0.39, 0.29) is 31.8 Å². The minimum absolute atomic E-state index is 0.0400. The molecule has 0 fully saturated rings. The molecule has 0 saturated carbocycles. The lowest BCUT2D eigenvalue weighted by molar-refractivity contribution is 0.150. The largest absolute Gasteiger partial charge is 0.491 e. The number of unbranched alkanes of at least 4 members (excludes halogenated alkanes) is 3.